The van der Waals surface area contributed by atoms with Gasteiger partial charge in [0.15, 0.2) is 0 Å². The number of pyridine rings is 1. The molecule has 118 valence electrons. The number of rotatable bonds is 2. The average Bonchev–Trinajstić information content (AvgIpc) is 3.01. The fourth-order valence-electron chi connectivity index (χ4n) is 4.24. The molecule has 0 saturated heterocycles. The molecule has 0 spiro atoms. The van der Waals surface area contributed by atoms with Crippen LogP contribution in [0.2, 0.25) is 0 Å². The lowest BCUT2D eigenvalue weighted by atomic mass is 9.70. The Hall–Kier alpha value is -3.19. The van der Waals surface area contributed by atoms with Crippen molar-refractivity contribution in [2.75, 3.05) is 0 Å². The molecule has 1 aliphatic rings. The molecule has 1 nitrogen and oxygen atoms in total. The smallest absolute Gasteiger partial charge is 0.0885 e. The van der Waals surface area contributed by atoms with E-state index in [1.165, 1.54) is 27.8 Å². The Kier molecular flexibility index (Phi) is 3.07. The van der Waals surface area contributed by atoms with Crippen LogP contribution in [0.4, 0.5) is 0 Å². The van der Waals surface area contributed by atoms with E-state index in [2.05, 4.69) is 91.0 Å². The Morgan fingerprint density at radius 3 is 1.68 bits per heavy atom. The van der Waals surface area contributed by atoms with E-state index in [1.807, 2.05) is 12.3 Å². The maximum Gasteiger partial charge on any atom is 0.0885 e. The van der Waals surface area contributed by atoms with Crippen LogP contribution >= 0.6 is 0 Å². The maximum absolute atomic E-state index is 4.81. The second-order valence-electron chi connectivity index (χ2n) is 6.42. The summed E-state index contributed by atoms with van der Waals surface area (Å²) in [5.41, 5.74) is 7.17. The first kappa shape index (κ1) is 14.2. The summed E-state index contributed by atoms with van der Waals surface area (Å²) in [5, 5.41) is 0. The van der Waals surface area contributed by atoms with Crippen LogP contribution in [0, 0.1) is 0 Å². The standard InChI is InChI=1S/C24H17N/c1-2-10-18(11-3-1)24(23-16-8-9-17-25-23)21-14-6-4-12-19(21)20-13-5-7-15-22(20)24/h1-17H. The molecule has 5 rings (SSSR count). The molecule has 4 aromatic rings. The maximum atomic E-state index is 4.81. The molecule has 0 saturated carbocycles. The molecular formula is C24H17N. The van der Waals surface area contributed by atoms with Gasteiger partial charge in [0.2, 0.25) is 0 Å². The fourth-order valence-corrected chi connectivity index (χ4v) is 4.24. The van der Waals surface area contributed by atoms with E-state index in [4.69, 9.17) is 4.98 Å². The number of nitrogens with zero attached hydrogens (tertiary/aromatic N) is 1. The molecule has 0 amide bonds. The zero-order valence-electron chi connectivity index (χ0n) is 13.8. The van der Waals surface area contributed by atoms with Crippen LogP contribution in [0.15, 0.2) is 103 Å². The summed E-state index contributed by atoms with van der Waals surface area (Å²) in [7, 11) is 0. The van der Waals surface area contributed by atoms with E-state index >= 15 is 0 Å². The Morgan fingerprint density at radius 2 is 1.08 bits per heavy atom. The number of aromatic nitrogens is 1. The Labute approximate surface area is 147 Å². The molecule has 1 aromatic heterocycles. The highest BCUT2D eigenvalue weighted by molar-refractivity contribution is 5.85. The van der Waals surface area contributed by atoms with E-state index in [1.54, 1.807) is 0 Å². The third kappa shape index (κ3) is 1.87. The largest absolute Gasteiger partial charge is 0.260 e. The van der Waals surface area contributed by atoms with Crippen molar-refractivity contribution in [3.8, 4) is 11.1 Å². The lowest BCUT2D eigenvalue weighted by Gasteiger charge is -2.32. The summed E-state index contributed by atoms with van der Waals surface area (Å²) in [4.78, 5) is 4.81. The Morgan fingerprint density at radius 1 is 0.520 bits per heavy atom. The molecule has 1 heteroatoms. The van der Waals surface area contributed by atoms with Gasteiger partial charge in [0.25, 0.3) is 0 Å². The molecule has 1 aliphatic carbocycles. The molecule has 1 heterocycles. The second-order valence-corrected chi connectivity index (χ2v) is 6.42. The molecule has 0 N–H and O–H groups in total. The van der Waals surface area contributed by atoms with Gasteiger partial charge in [-0.2, -0.15) is 0 Å². The number of fused-ring (bicyclic) bond motifs is 3. The van der Waals surface area contributed by atoms with Gasteiger partial charge in [0.05, 0.1) is 11.1 Å². The zero-order valence-corrected chi connectivity index (χ0v) is 13.8. The lowest BCUT2D eigenvalue weighted by molar-refractivity contribution is 0.735. The van der Waals surface area contributed by atoms with Crippen LogP contribution in [0.5, 0.6) is 0 Å². The SMILES string of the molecule is c1ccc(C2(c3ccccn3)c3ccccc3-c3ccccc32)cc1. The van der Waals surface area contributed by atoms with Gasteiger partial charge in [0.1, 0.15) is 0 Å². The second kappa shape index (κ2) is 5.42. The van der Waals surface area contributed by atoms with E-state index in [0.29, 0.717) is 0 Å². The van der Waals surface area contributed by atoms with E-state index in [0.717, 1.165) is 5.69 Å². The third-order valence-corrected chi connectivity index (χ3v) is 5.21. The van der Waals surface area contributed by atoms with Crippen molar-refractivity contribution in [3.63, 3.8) is 0 Å². The third-order valence-electron chi connectivity index (χ3n) is 5.21. The summed E-state index contributed by atoms with van der Waals surface area (Å²) in [6.45, 7) is 0. The quantitative estimate of drug-likeness (QED) is 0.422. The van der Waals surface area contributed by atoms with Crippen LogP contribution in [0.1, 0.15) is 22.4 Å². The lowest BCUT2D eigenvalue weighted by Crippen LogP contribution is -2.29. The minimum absolute atomic E-state index is 0.365. The van der Waals surface area contributed by atoms with Gasteiger partial charge in [-0.1, -0.05) is 84.9 Å². The highest BCUT2D eigenvalue weighted by Crippen LogP contribution is 2.55. The summed E-state index contributed by atoms with van der Waals surface area (Å²) in [5.74, 6) is 0. The van der Waals surface area contributed by atoms with Crippen molar-refractivity contribution in [1.82, 2.24) is 4.98 Å². The number of benzene rings is 3. The van der Waals surface area contributed by atoms with Crippen molar-refractivity contribution in [2.45, 2.75) is 5.41 Å². The van der Waals surface area contributed by atoms with Gasteiger partial charge in [-0.15, -0.1) is 0 Å². The summed E-state index contributed by atoms with van der Waals surface area (Å²) in [6, 6.07) is 34.4. The van der Waals surface area contributed by atoms with Crippen LogP contribution in [-0.4, -0.2) is 4.98 Å². The minimum atomic E-state index is -0.365. The monoisotopic (exact) mass is 319 g/mol. The highest BCUT2D eigenvalue weighted by atomic mass is 14.7. The molecule has 0 atom stereocenters. The molecule has 0 unspecified atom stereocenters. The topological polar surface area (TPSA) is 12.9 Å². The van der Waals surface area contributed by atoms with E-state index in [-0.39, 0.29) is 5.41 Å². The van der Waals surface area contributed by atoms with Crippen LogP contribution in [0.3, 0.4) is 0 Å². The first-order valence-corrected chi connectivity index (χ1v) is 8.59. The molecule has 25 heavy (non-hydrogen) atoms. The minimum Gasteiger partial charge on any atom is -0.260 e. The van der Waals surface area contributed by atoms with Crippen molar-refractivity contribution < 1.29 is 0 Å². The molecule has 0 radical (unpaired) electrons. The van der Waals surface area contributed by atoms with Gasteiger partial charge < -0.3 is 0 Å². The molecular weight excluding hydrogens is 302 g/mol. The van der Waals surface area contributed by atoms with Gasteiger partial charge in [-0.3, -0.25) is 4.98 Å². The fraction of sp³-hybridized carbons (Fsp3) is 0.0417. The molecule has 0 bridgehead atoms. The Balaban J connectivity index is 1.98. The summed E-state index contributed by atoms with van der Waals surface area (Å²) in [6.07, 6.45) is 1.89. The first-order valence-electron chi connectivity index (χ1n) is 8.59. The predicted octanol–water partition coefficient (Wildman–Crippen LogP) is 5.44. The Bertz CT molecular complexity index is 949. The molecule has 0 aliphatic heterocycles. The van der Waals surface area contributed by atoms with Crippen molar-refractivity contribution in [1.29, 1.82) is 0 Å². The zero-order chi connectivity index (χ0) is 16.7. The summed E-state index contributed by atoms with van der Waals surface area (Å²) >= 11 is 0. The van der Waals surface area contributed by atoms with Gasteiger partial charge in [0, 0.05) is 6.20 Å². The highest BCUT2D eigenvalue weighted by Gasteiger charge is 2.46. The van der Waals surface area contributed by atoms with E-state index < -0.39 is 0 Å². The summed E-state index contributed by atoms with van der Waals surface area (Å²) < 4.78 is 0. The van der Waals surface area contributed by atoms with Gasteiger partial charge in [-0.25, -0.2) is 0 Å². The van der Waals surface area contributed by atoms with Crippen LogP contribution < -0.4 is 0 Å². The number of hydrogen-bond acceptors (Lipinski definition) is 1. The van der Waals surface area contributed by atoms with Crippen LogP contribution in [0.25, 0.3) is 11.1 Å². The van der Waals surface area contributed by atoms with Crippen molar-refractivity contribution in [2.24, 2.45) is 0 Å². The van der Waals surface area contributed by atoms with Gasteiger partial charge >= 0.3 is 0 Å². The first-order chi connectivity index (χ1) is 12.4. The van der Waals surface area contributed by atoms with E-state index in [9.17, 15) is 0 Å². The normalized spacial score (nSPS) is 13.9. The van der Waals surface area contributed by atoms with Crippen molar-refractivity contribution in [3.05, 3.63) is 126 Å². The van der Waals surface area contributed by atoms with Gasteiger partial charge in [-0.05, 0) is 39.9 Å². The predicted molar refractivity (Wildman–Crippen MR) is 102 cm³/mol. The molecule has 3 aromatic carbocycles. The van der Waals surface area contributed by atoms with Crippen LogP contribution in [-0.2, 0) is 5.41 Å². The van der Waals surface area contributed by atoms with Crippen molar-refractivity contribution >= 4 is 0 Å². The number of hydrogen-bond donors (Lipinski definition) is 0. The average molecular weight is 319 g/mol. The molecule has 0 fully saturated rings.